The normalized spacial score (nSPS) is 19.5. The number of hydrogen-bond acceptors (Lipinski definition) is 4. The number of nitrogens with zero attached hydrogens (tertiary/aromatic N) is 3. The first-order valence-corrected chi connectivity index (χ1v) is 12.0. The van der Waals surface area contributed by atoms with Crippen LogP contribution in [0.4, 0.5) is 28.9 Å². The molecule has 2 unspecified atom stereocenters. The highest BCUT2D eigenvalue weighted by Gasteiger charge is 2.44. The van der Waals surface area contributed by atoms with Crippen molar-refractivity contribution in [3.8, 4) is 6.07 Å². The Balaban J connectivity index is 2.15. The van der Waals surface area contributed by atoms with E-state index in [2.05, 4.69) is 5.32 Å². The molecule has 0 heterocycles. The fourth-order valence-electron chi connectivity index (χ4n) is 4.78. The van der Waals surface area contributed by atoms with Crippen LogP contribution in [0.5, 0.6) is 0 Å². The van der Waals surface area contributed by atoms with Gasteiger partial charge in [0.2, 0.25) is 0 Å². The number of amides is 1. The van der Waals surface area contributed by atoms with Crippen molar-refractivity contribution in [3.05, 3.63) is 58.9 Å². The van der Waals surface area contributed by atoms with Crippen molar-refractivity contribution in [2.75, 3.05) is 23.9 Å². The number of halogens is 4. The number of aldehydes is 1. The monoisotopic (exact) mass is 534 g/mol. The van der Waals surface area contributed by atoms with E-state index >= 15 is 0 Å². The first kappa shape index (κ1) is 28.1. The summed E-state index contributed by atoms with van der Waals surface area (Å²) in [5, 5.41) is 11.4. The second-order valence-electron chi connectivity index (χ2n) is 9.18. The average molecular weight is 535 g/mol. The molecule has 0 aromatic heterocycles. The van der Waals surface area contributed by atoms with Gasteiger partial charge in [0, 0.05) is 25.5 Å². The topological polar surface area (TPSA) is 76.4 Å². The third-order valence-corrected chi connectivity index (χ3v) is 7.11. The highest BCUT2D eigenvalue weighted by atomic mass is 32.1. The maximum Gasteiger partial charge on any atom is 0.417 e. The molecule has 1 aliphatic carbocycles. The molecule has 0 spiro atoms. The molecule has 2 aromatic rings. The maximum atomic E-state index is 15.0. The first-order chi connectivity index (χ1) is 17.4. The van der Waals surface area contributed by atoms with Crippen LogP contribution < -0.4 is 15.1 Å². The van der Waals surface area contributed by atoms with Gasteiger partial charge in [0.05, 0.1) is 22.8 Å². The molecule has 196 valence electrons. The second kappa shape index (κ2) is 10.8. The minimum Gasteiger partial charge on any atom is -0.355 e. The molecule has 1 saturated carbocycles. The van der Waals surface area contributed by atoms with Crippen LogP contribution in [0, 0.1) is 23.1 Å². The summed E-state index contributed by atoms with van der Waals surface area (Å²) in [5.74, 6) is -1.34. The number of rotatable bonds is 5. The molecule has 1 aliphatic rings. The number of nitriles is 1. The molecule has 37 heavy (non-hydrogen) atoms. The third kappa shape index (κ3) is 5.59. The van der Waals surface area contributed by atoms with E-state index in [0.29, 0.717) is 19.3 Å². The summed E-state index contributed by atoms with van der Waals surface area (Å²) in [6.07, 6.45) is -1.66. The van der Waals surface area contributed by atoms with Gasteiger partial charge in [-0.15, -0.1) is 0 Å². The molecule has 1 amide bonds. The summed E-state index contributed by atoms with van der Waals surface area (Å²) in [4.78, 5) is 27.4. The van der Waals surface area contributed by atoms with E-state index in [1.165, 1.54) is 42.1 Å². The minimum absolute atomic E-state index is 0.0358. The van der Waals surface area contributed by atoms with E-state index in [1.54, 1.807) is 6.07 Å². The van der Waals surface area contributed by atoms with Crippen molar-refractivity contribution in [2.24, 2.45) is 5.92 Å². The largest absolute Gasteiger partial charge is 0.417 e. The molecule has 0 aliphatic heterocycles. The lowest BCUT2D eigenvalue weighted by Crippen LogP contribution is -2.59. The fraction of sp³-hybridized carbons (Fsp3) is 0.385. The van der Waals surface area contributed by atoms with Gasteiger partial charge in [-0.1, -0.05) is 19.8 Å². The first-order valence-electron chi connectivity index (χ1n) is 11.6. The van der Waals surface area contributed by atoms with E-state index in [0.717, 1.165) is 30.9 Å². The van der Waals surface area contributed by atoms with Gasteiger partial charge in [0.1, 0.15) is 17.6 Å². The van der Waals surface area contributed by atoms with E-state index < -0.39 is 34.6 Å². The average Bonchev–Trinajstić information content (AvgIpc) is 2.87. The standard InChI is InChI=1S/C26H26F4N4O2S/c1-16-5-4-10-25(13-16,15-35)34(19-8-9-20(22(27)12-19)23(36)32-2)24(37)33(3)18-7-6-17(14-31)21(11-18)26(28,29)30/h6-9,11-12,15-16H,4-5,10,13H2,1-3H3,(H,32,36). The third-order valence-electron chi connectivity index (χ3n) is 6.65. The van der Waals surface area contributed by atoms with Crippen LogP contribution in [0.25, 0.3) is 0 Å². The molecule has 0 saturated heterocycles. The molecule has 1 N–H and O–H groups in total. The Labute approximate surface area is 217 Å². The van der Waals surface area contributed by atoms with Crippen LogP contribution in [0.1, 0.15) is 54.1 Å². The summed E-state index contributed by atoms with van der Waals surface area (Å²) in [6.45, 7) is 1.98. The number of nitrogens with one attached hydrogen (secondary N) is 1. The molecule has 0 bridgehead atoms. The molecule has 6 nitrogen and oxygen atoms in total. The molecule has 1 fully saturated rings. The van der Waals surface area contributed by atoms with Gasteiger partial charge >= 0.3 is 6.18 Å². The van der Waals surface area contributed by atoms with Gasteiger partial charge in [-0.2, -0.15) is 18.4 Å². The van der Waals surface area contributed by atoms with Crippen molar-refractivity contribution in [1.82, 2.24) is 5.32 Å². The van der Waals surface area contributed by atoms with Crippen LogP contribution in [0.2, 0.25) is 0 Å². The SMILES string of the molecule is CNC(=O)c1ccc(N(C(=S)N(C)c2ccc(C#N)c(C(F)(F)F)c2)C2(C=O)CCCC(C)C2)cc1F. The van der Waals surface area contributed by atoms with Crippen molar-refractivity contribution < 1.29 is 27.2 Å². The van der Waals surface area contributed by atoms with Crippen molar-refractivity contribution in [3.63, 3.8) is 0 Å². The summed E-state index contributed by atoms with van der Waals surface area (Å²) < 4.78 is 55.8. The number of carbonyl (C=O) groups is 2. The van der Waals surface area contributed by atoms with Crippen molar-refractivity contribution >= 4 is 40.9 Å². The highest BCUT2D eigenvalue weighted by molar-refractivity contribution is 7.80. The number of thiocarbonyl (C=S) groups is 1. The predicted octanol–water partition coefficient (Wildman–Crippen LogP) is 5.45. The molecule has 11 heteroatoms. The number of alkyl halides is 3. The van der Waals surface area contributed by atoms with E-state index in [9.17, 15) is 27.2 Å². The summed E-state index contributed by atoms with van der Waals surface area (Å²) in [6, 6.07) is 8.55. The van der Waals surface area contributed by atoms with E-state index in [-0.39, 0.29) is 28.0 Å². The van der Waals surface area contributed by atoms with Crippen molar-refractivity contribution in [2.45, 2.75) is 44.3 Å². The Kier molecular flexibility index (Phi) is 8.22. The Bertz CT molecular complexity index is 1260. The lowest BCUT2D eigenvalue weighted by atomic mass is 9.76. The van der Waals surface area contributed by atoms with Crippen LogP contribution in [-0.4, -0.2) is 36.9 Å². The van der Waals surface area contributed by atoms with Crippen LogP contribution >= 0.6 is 12.2 Å². The summed E-state index contributed by atoms with van der Waals surface area (Å²) >= 11 is 5.71. The molecule has 0 radical (unpaired) electrons. The maximum absolute atomic E-state index is 15.0. The van der Waals surface area contributed by atoms with E-state index in [1.807, 2.05) is 6.92 Å². The minimum atomic E-state index is -4.77. The Morgan fingerprint density at radius 1 is 1.24 bits per heavy atom. The van der Waals surface area contributed by atoms with E-state index in [4.69, 9.17) is 17.5 Å². The van der Waals surface area contributed by atoms with Crippen LogP contribution in [0.15, 0.2) is 36.4 Å². The number of carbonyl (C=O) groups excluding carboxylic acids is 2. The van der Waals surface area contributed by atoms with Crippen LogP contribution in [-0.2, 0) is 11.0 Å². The molecule has 2 aromatic carbocycles. The summed E-state index contributed by atoms with van der Waals surface area (Å²) in [7, 11) is 2.81. The Hall–Kier alpha value is -3.52. The van der Waals surface area contributed by atoms with Gasteiger partial charge in [-0.3, -0.25) is 4.79 Å². The predicted molar refractivity (Wildman–Crippen MR) is 136 cm³/mol. The van der Waals surface area contributed by atoms with Gasteiger partial charge in [-0.25, -0.2) is 4.39 Å². The van der Waals surface area contributed by atoms with Gasteiger partial charge < -0.3 is 19.9 Å². The molecule has 3 rings (SSSR count). The van der Waals surface area contributed by atoms with Crippen molar-refractivity contribution in [1.29, 1.82) is 5.26 Å². The number of hydrogen-bond donors (Lipinski definition) is 1. The lowest BCUT2D eigenvalue weighted by Gasteiger charge is -2.47. The quantitative estimate of drug-likeness (QED) is 0.312. The molecular formula is C26H26F4N4O2S. The number of anilines is 2. The lowest BCUT2D eigenvalue weighted by molar-refractivity contribution is -0.137. The van der Waals surface area contributed by atoms with Crippen LogP contribution in [0.3, 0.4) is 0 Å². The molecule has 2 atom stereocenters. The Morgan fingerprint density at radius 2 is 1.92 bits per heavy atom. The fourth-order valence-corrected chi connectivity index (χ4v) is 5.17. The van der Waals surface area contributed by atoms with Gasteiger partial charge in [0.15, 0.2) is 5.11 Å². The number of benzene rings is 2. The zero-order valence-electron chi connectivity index (χ0n) is 20.5. The van der Waals surface area contributed by atoms with Gasteiger partial charge in [0.25, 0.3) is 5.91 Å². The summed E-state index contributed by atoms with van der Waals surface area (Å²) in [5.41, 5.74) is -2.81. The smallest absolute Gasteiger partial charge is 0.355 e. The Morgan fingerprint density at radius 3 is 2.46 bits per heavy atom. The molecular weight excluding hydrogens is 508 g/mol. The zero-order valence-corrected chi connectivity index (χ0v) is 21.3. The highest BCUT2D eigenvalue weighted by Crippen LogP contribution is 2.40. The zero-order chi connectivity index (χ0) is 27.5. The van der Waals surface area contributed by atoms with Gasteiger partial charge in [-0.05, 0) is 67.4 Å². The second-order valence-corrected chi connectivity index (χ2v) is 9.55.